The summed E-state index contributed by atoms with van der Waals surface area (Å²) in [7, 11) is 0. The molecule has 2 rings (SSSR count). The number of aromatic nitrogens is 1. The van der Waals surface area contributed by atoms with Crippen molar-refractivity contribution in [2.75, 3.05) is 6.61 Å². The SMILES string of the molecule is C/C(=N\OC(=O)COc1cccc(C)c1C)c1ccncc1. The summed E-state index contributed by atoms with van der Waals surface area (Å²) in [5.74, 6) is 0.126. The molecule has 2 aromatic rings. The van der Waals surface area contributed by atoms with Crippen molar-refractivity contribution in [1.29, 1.82) is 0 Å². The van der Waals surface area contributed by atoms with Crippen LogP contribution in [-0.2, 0) is 9.63 Å². The third-order valence-corrected chi connectivity index (χ3v) is 3.28. The Hall–Kier alpha value is -2.69. The number of hydrogen-bond acceptors (Lipinski definition) is 5. The Bertz CT molecular complexity index is 682. The van der Waals surface area contributed by atoms with E-state index in [-0.39, 0.29) is 6.61 Å². The molecule has 22 heavy (non-hydrogen) atoms. The van der Waals surface area contributed by atoms with Crippen LogP contribution >= 0.6 is 0 Å². The zero-order valence-electron chi connectivity index (χ0n) is 12.9. The molecule has 0 aliphatic heterocycles. The van der Waals surface area contributed by atoms with Gasteiger partial charge in [0.1, 0.15) is 5.75 Å². The summed E-state index contributed by atoms with van der Waals surface area (Å²) < 4.78 is 5.46. The highest BCUT2D eigenvalue weighted by Crippen LogP contribution is 2.20. The van der Waals surface area contributed by atoms with Gasteiger partial charge in [0.2, 0.25) is 0 Å². The predicted molar refractivity (Wildman–Crippen MR) is 84.0 cm³/mol. The van der Waals surface area contributed by atoms with Crippen LogP contribution in [0, 0.1) is 13.8 Å². The van der Waals surface area contributed by atoms with Crippen LogP contribution in [0.2, 0.25) is 0 Å². The molecule has 0 saturated carbocycles. The van der Waals surface area contributed by atoms with E-state index in [0.717, 1.165) is 16.7 Å². The van der Waals surface area contributed by atoms with Gasteiger partial charge < -0.3 is 9.57 Å². The summed E-state index contributed by atoms with van der Waals surface area (Å²) in [4.78, 5) is 20.5. The lowest BCUT2D eigenvalue weighted by atomic mass is 10.1. The molecule has 5 heteroatoms. The standard InChI is InChI=1S/C17H18N2O3/c1-12-5-4-6-16(13(12)2)21-11-17(20)22-19-14(3)15-7-9-18-10-8-15/h4-10H,11H2,1-3H3/b19-14+. The van der Waals surface area contributed by atoms with Gasteiger partial charge in [0.25, 0.3) is 0 Å². The minimum Gasteiger partial charge on any atom is -0.482 e. The van der Waals surface area contributed by atoms with Crippen molar-refractivity contribution in [3.8, 4) is 5.75 Å². The van der Waals surface area contributed by atoms with Crippen LogP contribution in [0.3, 0.4) is 0 Å². The molecule has 0 amide bonds. The van der Waals surface area contributed by atoms with Crippen molar-refractivity contribution in [1.82, 2.24) is 4.98 Å². The fraction of sp³-hybridized carbons (Fsp3) is 0.235. The van der Waals surface area contributed by atoms with E-state index in [1.807, 2.05) is 32.0 Å². The first-order valence-corrected chi connectivity index (χ1v) is 6.92. The molecule has 0 fully saturated rings. The molecule has 0 N–H and O–H groups in total. The molecule has 1 aromatic carbocycles. The van der Waals surface area contributed by atoms with E-state index in [0.29, 0.717) is 11.5 Å². The Morgan fingerprint density at radius 1 is 1.18 bits per heavy atom. The maximum absolute atomic E-state index is 11.7. The number of hydrogen-bond donors (Lipinski definition) is 0. The monoisotopic (exact) mass is 298 g/mol. The van der Waals surface area contributed by atoms with Crippen LogP contribution in [0.1, 0.15) is 23.6 Å². The Morgan fingerprint density at radius 3 is 2.64 bits per heavy atom. The van der Waals surface area contributed by atoms with Gasteiger partial charge in [0, 0.05) is 18.0 Å². The van der Waals surface area contributed by atoms with Gasteiger partial charge in [-0.25, -0.2) is 4.79 Å². The highest BCUT2D eigenvalue weighted by Gasteiger charge is 2.07. The van der Waals surface area contributed by atoms with Crippen LogP contribution in [0.15, 0.2) is 47.9 Å². The smallest absolute Gasteiger partial charge is 0.372 e. The largest absolute Gasteiger partial charge is 0.482 e. The van der Waals surface area contributed by atoms with Crippen molar-refractivity contribution >= 4 is 11.7 Å². The van der Waals surface area contributed by atoms with E-state index in [9.17, 15) is 4.79 Å². The molecule has 0 bridgehead atoms. The number of nitrogens with zero attached hydrogens (tertiary/aromatic N) is 2. The lowest BCUT2D eigenvalue weighted by molar-refractivity contribution is -0.146. The van der Waals surface area contributed by atoms with Crippen molar-refractivity contribution in [3.05, 3.63) is 59.4 Å². The molecule has 0 saturated heterocycles. The van der Waals surface area contributed by atoms with Crippen LogP contribution < -0.4 is 4.74 Å². The topological polar surface area (TPSA) is 60.8 Å². The van der Waals surface area contributed by atoms with Gasteiger partial charge in [-0.15, -0.1) is 0 Å². The predicted octanol–water partition coefficient (Wildman–Crippen LogP) is 3.04. The fourth-order valence-corrected chi connectivity index (χ4v) is 1.81. The number of benzene rings is 1. The molecule has 114 valence electrons. The minimum atomic E-state index is -0.547. The van der Waals surface area contributed by atoms with Crippen molar-refractivity contribution in [2.24, 2.45) is 5.16 Å². The highest BCUT2D eigenvalue weighted by molar-refractivity contribution is 5.98. The maximum Gasteiger partial charge on any atom is 0.372 e. The summed E-state index contributed by atoms with van der Waals surface area (Å²) in [6.07, 6.45) is 3.31. The average Bonchev–Trinajstić information content (AvgIpc) is 2.54. The Kier molecular flexibility index (Phi) is 5.25. The van der Waals surface area contributed by atoms with E-state index in [2.05, 4.69) is 10.1 Å². The van der Waals surface area contributed by atoms with Gasteiger partial charge in [-0.05, 0) is 50.1 Å². The molecule has 5 nitrogen and oxygen atoms in total. The minimum absolute atomic E-state index is 0.183. The lowest BCUT2D eigenvalue weighted by Crippen LogP contribution is -2.14. The van der Waals surface area contributed by atoms with Gasteiger partial charge in [-0.1, -0.05) is 17.3 Å². The van der Waals surface area contributed by atoms with Gasteiger partial charge in [-0.2, -0.15) is 0 Å². The number of ether oxygens (including phenoxy) is 1. The zero-order chi connectivity index (χ0) is 15.9. The number of oxime groups is 1. The Balaban J connectivity index is 1.90. The second-order valence-corrected chi connectivity index (χ2v) is 4.86. The van der Waals surface area contributed by atoms with E-state index >= 15 is 0 Å². The van der Waals surface area contributed by atoms with Gasteiger partial charge >= 0.3 is 5.97 Å². The molecule has 0 unspecified atom stereocenters. The van der Waals surface area contributed by atoms with Gasteiger partial charge in [0.05, 0.1) is 5.71 Å². The molecule has 0 radical (unpaired) electrons. The highest BCUT2D eigenvalue weighted by atomic mass is 16.7. The fourth-order valence-electron chi connectivity index (χ4n) is 1.81. The van der Waals surface area contributed by atoms with Crippen LogP contribution in [0.5, 0.6) is 5.75 Å². The van der Waals surface area contributed by atoms with Crippen molar-refractivity contribution in [2.45, 2.75) is 20.8 Å². The quantitative estimate of drug-likeness (QED) is 0.483. The number of aryl methyl sites for hydroxylation is 1. The third-order valence-electron chi connectivity index (χ3n) is 3.28. The number of rotatable bonds is 5. The van der Waals surface area contributed by atoms with Crippen LogP contribution in [-0.4, -0.2) is 23.3 Å². The summed E-state index contributed by atoms with van der Waals surface area (Å²) in [6.45, 7) is 5.51. The Morgan fingerprint density at radius 2 is 1.91 bits per heavy atom. The number of carbonyl (C=O) groups excluding carboxylic acids is 1. The Labute approximate surface area is 129 Å². The molecule has 0 aliphatic carbocycles. The summed E-state index contributed by atoms with van der Waals surface area (Å²) >= 11 is 0. The summed E-state index contributed by atoms with van der Waals surface area (Å²) in [5, 5.41) is 3.81. The molecular formula is C17H18N2O3. The normalized spacial score (nSPS) is 11.1. The molecule has 1 heterocycles. The molecule has 0 aliphatic rings. The lowest BCUT2D eigenvalue weighted by Gasteiger charge is -2.09. The van der Waals surface area contributed by atoms with E-state index in [4.69, 9.17) is 9.57 Å². The number of carbonyl (C=O) groups is 1. The molecule has 0 atom stereocenters. The van der Waals surface area contributed by atoms with Crippen molar-refractivity contribution < 1.29 is 14.4 Å². The van der Waals surface area contributed by atoms with Gasteiger partial charge in [0.15, 0.2) is 6.61 Å². The van der Waals surface area contributed by atoms with E-state index in [1.54, 1.807) is 31.5 Å². The second-order valence-electron chi connectivity index (χ2n) is 4.86. The molecule has 1 aromatic heterocycles. The summed E-state index contributed by atoms with van der Waals surface area (Å²) in [5.41, 5.74) is 3.56. The second kappa shape index (κ2) is 7.36. The number of pyridine rings is 1. The first-order chi connectivity index (χ1) is 10.6. The zero-order valence-corrected chi connectivity index (χ0v) is 12.9. The first-order valence-electron chi connectivity index (χ1n) is 6.92. The van der Waals surface area contributed by atoms with Crippen molar-refractivity contribution in [3.63, 3.8) is 0 Å². The average molecular weight is 298 g/mol. The third kappa shape index (κ3) is 4.15. The molecular weight excluding hydrogens is 280 g/mol. The van der Waals surface area contributed by atoms with E-state index in [1.165, 1.54) is 0 Å². The summed E-state index contributed by atoms with van der Waals surface area (Å²) in [6, 6.07) is 9.28. The van der Waals surface area contributed by atoms with Gasteiger partial charge in [-0.3, -0.25) is 4.98 Å². The first kappa shape index (κ1) is 15.7. The molecule has 0 spiro atoms. The van der Waals surface area contributed by atoms with Crippen LogP contribution in [0.25, 0.3) is 0 Å². The van der Waals surface area contributed by atoms with Crippen LogP contribution in [0.4, 0.5) is 0 Å². The van der Waals surface area contributed by atoms with E-state index < -0.39 is 5.97 Å². The maximum atomic E-state index is 11.7.